The van der Waals surface area contributed by atoms with Crippen molar-refractivity contribution in [3.05, 3.63) is 29.8 Å². The molecular formula is C16H23NO4. The molecule has 0 spiro atoms. The number of carbonyl (C=O) groups is 2. The minimum Gasteiger partial charge on any atom is -0.426 e. The van der Waals surface area contributed by atoms with Gasteiger partial charge in [0.25, 0.3) is 0 Å². The number of hydrogen-bond donors (Lipinski definition) is 1. The third kappa shape index (κ3) is 8.22. The largest absolute Gasteiger partial charge is 0.426 e. The lowest BCUT2D eigenvalue weighted by atomic mass is 10.1. The van der Waals surface area contributed by atoms with Crippen molar-refractivity contribution in [1.82, 2.24) is 5.32 Å². The molecule has 1 rings (SSSR count). The summed E-state index contributed by atoms with van der Waals surface area (Å²) in [6.45, 7) is 3.28. The molecule has 0 unspecified atom stereocenters. The molecular weight excluding hydrogens is 270 g/mol. The Morgan fingerprint density at radius 1 is 1.10 bits per heavy atom. The number of Topliss-reactive ketones (excluding diaryl/α,β-unsaturated/α-hetero) is 1. The van der Waals surface area contributed by atoms with Crippen LogP contribution in [0.5, 0.6) is 5.75 Å². The minimum absolute atomic E-state index is 0.170. The molecule has 5 nitrogen and oxygen atoms in total. The summed E-state index contributed by atoms with van der Waals surface area (Å²) in [6.07, 6.45) is 1.47. The first kappa shape index (κ1) is 17.3. The van der Waals surface area contributed by atoms with E-state index in [-0.39, 0.29) is 18.2 Å². The van der Waals surface area contributed by atoms with Gasteiger partial charge in [-0.1, -0.05) is 12.1 Å². The molecule has 1 N–H and O–H groups in total. The number of esters is 1. The zero-order valence-corrected chi connectivity index (χ0v) is 12.7. The number of rotatable bonds is 10. The quantitative estimate of drug-likeness (QED) is 0.404. The van der Waals surface area contributed by atoms with E-state index in [1.54, 1.807) is 19.1 Å². The van der Waals surface area contributed by atoms with Crippen LogP contribution in [0, 0.1) is 0 Å². The predicted octanol–water partition coefficient (Wildman–Crippen LogP) is 1.74. The molecule has 0 heterocycles. The lowest BCUT2D eigenvalue weighted by molar-refractivity contribution is -0.135. The Hall–Kier alpha value is -1.72. The van der Waals surface area contributed by atoms with Crippen LogP contribution in [0.2, 0.25) is 0 Å². The first-order valence-corrected chi connectivity index (χ1v) is 7.13. The van der Waals surface area contributed by atoms with E-state index in [2.05, 4.69) is 5.32 Å². The van der Waals surface area contributed by atoms with E-state index in [0.717, 1.165) is 12.1 Å². The smallest absolute Gasteiger partial charge is 0.313 e. The van der Waals surface area contributed by atoms with E-state index < -0.39 is 0 Å². The molecule has 116 valence electrons. The summed E-state index contributed by atoms with van der Waals surface area (Å²) < 4.78 is 10.5. The van der Waals surface area contributed by atoms with Crippen LogP contribution in [0.4, 0.5) is 0 Å². The summed E-state index contributed by atoms with van der Waals surface area (Å²) in [6, 6.07) is 7.23. The molecule has 0 aliphatic heterocycles. The fraction of sp³-hybridized carbons (Fsp3) is 0.500. The van der Waals surface area contributed by atoms with Gasteiger partial charge in [0.05, 0.1) is 19.6 Å². The summed E-state index contributed by atoms with van der Waals surface area (Å²) >= 11 is 0. The van der Waals surface area contributed by atoms with Crippen molar-refractivity contribution in [2.75, 3.05) is 26.8 Å². The molecule has 0 saturated heterocycles. The van der Waals surface area contributed by atoms with E-state index in [9.17, 15) is 9.59 Å². The van der Waals surface area contributed by atoms with Crippen molar-refractivity contribution in [2.45, 2.75) is 26.2 Å². The molecule has 0 radical (unpaired) electrons. The lowest BCUT2D eigenvalue weighted by Crippen LogP contribution is -2.17. The summed E-state index contributed by atoms with van der Waals surface area (Å²) in [4.78, 5) is 22.5. The highest BCUT2D eigenvalue weighted by atomic mass is 16.5. The van der Waals surface area contributed by atoms with Crippen LogP contribution < -0.4 is 10.1 Å². The second kappa shape index (κ2) is 10.1. The Labute approximate surface area is 125 Å². The molecule has 1 aromatic carbocycles. The molecule has 0 atom stereocenters. The van der Waals surface area contributed by atoms with Crippen molar-refractivity contribution in [3.8, 4) is 5.75 Å². The third-order valence-corrected chi connectivity index (χ3v) is 2.87. The molecule has 0 saturated carbocycles. The van der Waals surface area contributed by atoms with Crippen molar-refractivity contribution in [3.63, 3.8) is 0 Å². The van der Waals surface area contributed by atoms with E-state index in [4.69, 9.17) is 9.47 Å². The number of likely N-dealkylation sites (N-methyl/N-ethyl adjacent to an activating group) is 1. The molecule has 1 aromatic rings. The van der Waals surface area contributed by atoms with E-state index >= 15 is 0 Å². The maximum atomic E-state index is 11.6. The van der Waals surface area contributed by atoms with Crippen LogP contribution in [0.3, 0.4) is 0 Å². The summed E-state index contributed by atoms with van der Waals surface area (Å²) in [5.41, 5.74) is 1.06. The highest BCUT2D eigenvalue weighted by Gasteiger charge is 2.05. The number of ketones is 1. The van der Waals surface area contributed by atoms with Crippen LogP contribution in [0.25, 0.3) is 0 Å². The Morgan fingerprint density at radius 3 is 2.43 bits per heavy atom. The summed E-state index contributed by atoms with van der Waals surface area (Å²) in [5, 5.41) is 2.96. The van der Waals surface area contributed by atoms with Crippen molar-refractivity contribution >= 4 is 11.8 Å². The van der Waals surface area contributed by atoms with E-state index in [1.165, 1.54) is 0 Å². The van der Waals surface area contributed by atoms with Gasteiger partial charge in [0.15, 0.2) is 0 Å². The predicted molar refractivity (Wildman–Crippen MR) is 80.4 cm³/mol. The second-order valence-electron chi connectivity index (χ2n) is 4.79. The molecule has 0 aliphatic rings. The molecule has 0 fully saturated rings. The van der Waals surface area contributed by atoms with Crippen molar-refractivity contribution in [1.29, 1.82) is 0 Å². The van der Waals surface area contributed by atoms with Gasteiger partial charge >= 0.3 is 5.97 Å². The fourth-order valence-corrected chi connectivity index (χ4v) is 1.66. The van der Waals surface area contributed by atoms with Gasteiger partial charge in [0.2, 0.25) is 0 Å². The standard InChI is InChI=1S/C16H23NO4/c1-13(18)3-4-14-5-7-15(8-6-14)21-16(19)9-11-20-12-10-17-2/h5-8,17H,3-4,9-12H2,1-2H3. The van der Waals surface area contributed by atoms with Gasteiger partial charge in [-0.2, -0.15) is 0 Å². The first-order chi connectivity index (χ1) is 10.1. The minimum atomic E-state index is -0.309. The van der Waals surface area contributed by atoms with Crippen LogP contribution in [-0.4, -0.2) is 38.6 Å². The highest BCUT2D eigenvalue weighted by molar-refractivity contribution is 5.75. The average Bonchev–Trinajstić information content (AvgIpc) is 2.46. The van der Waals surface area contributed by atoms with Gasteiger partial charge in [0.1, 0.15) is 11.5 Å². The summed E-state index contributed by atoms with van der Waals surface area (Å²) in [7, 11) is 1.84. The molecule has 0 aliphatic carbocycles. The van der Waals surface area contributed by atoms with Gasteiger partial charge in [0, 0.05) is 13.0 Å². The van der Waals surface area contributed by atoms with Crippen LogP contribution >= 0.6 is 0 Å². The zero-order valence-electron chi connectivity index (χ0n) is 12.7. The summed E-state index contributed by atoms with van der Waals surface area (Å²) in [5.74, 6) is 0.376. The Kier molecular flexibility index (Phi) is 8.31. The molecule has 0 amide bonds. The topological polar surface area (TPSA) is 64.6 Å². The average molecular weight is 293 g/mol. The normalized spacial score (nSPS) is 10.4. The van der Waals surface area contributed by atoms with Gasteiger partial charge in [-0.15, -0.1) is 0 Å². The molecule has 0 aromatic heterocycles. The lowest BCUT2D eigenvalue weighted by Gasteiger charge is -2.06. The number of aryl methyl sites for hydroxylation is 1. The van der Waals surface area contributed by atoms with Crippen LogP contribution in [0.1, 0.15) is 25.3 Å². The third-order valence-electron chi connectivity index (χ3n) is 2.87. The maximum Gasteiger partial charge on any atom is 0.313 e. The molecule has 5 heteroatoms. The highest BCUT2D eigenvalue weighted by Crippen LogP contribution is 2.14. The SMILES string of the molecule is CNCCOCCC(=O)Oc1ccc(CCC(C)=O)cc1. The van der Waals surface area contributed by atoms with Gasteiger partial charge in [-0.05, 0) is 38.1 Å². The van der Waals surface area contributed by atoms with Gasteiger partial charge in [-0.3, -0.25) is 4.79 Å². The van der Waals surface area contributed by atoms with E-state index in [0.29, 0.717) is 31.8 Å². The number of hydrogen-bond acceptors (Lipinski definition) is 5. The van der Waals surface area contributed by atoms with Gasteiger partial charge in [-0.25, -0.2) is 0 Å². The Balaban J connectivity index is 2.27. The number of carbonyl (C=O) groups excluding carboxylic acids is 2. The maximum absolute atomic E-state index is 11.6. The van der Waals surface area contributed by atoms with Crippen LogP contribution in [0.15, 0.2) is 24.3 Å². The zero-order chi connectivity index (χ0) is 15.5. The first-order valence-electron chi connectivity index (χ1n) is 7.13. The van der Waals surface area contributed by atoms with E-state index in [1.807, 2.05) is 19.2 Å². The second-order valence-corrected chi connectivity index (χ2v) is 4.79. The molecule has 21 heavy (non-hydrogen) atoms. The van der Waals surface area contributed by atoms with Crippen LogP contribution in [-0.2, 0) is 20.7 Å². The number of benzene rings is 1. The Bertz CT molecular complexity index is 442. The number of nitrogens with one attached hydrogen (secondary N) is 1. The molecule has 0 bridgehead atoms. The fourth-order valence-electron chi connectivity index (χ4n) is 1.66. The van der Waals surface area contributed by atoms with Gasteiger partial charge < -0.3 is 19.6 Å². The Morgan fingerprint density at radius 2 is 1.81 bits per heavy atom. The number of ether oxygens (including phenoxy) is 2. The van der Waals surface area contributed by atoms with Crippen molar-refractivity contribution in [2.24, 2.45) is 0 Å². The monoisotopic (exact) mass is 293 g/mol. The van der Waals surface area contributed by atoms with Crippen molar-refractivity contribution < 1.29 is 19.1 Å².